The van der Waals surface area contributed by atoms with Crippen molar-refractivity contribution in [1.82, 2.24) is 0 Å². The van der Waals surface area contributed by atoms with E-state index in [2.05, 4.69) is 6.58 Å². The Labute approximate surface area is 71.3 Å². The maximum Gasteiger partial charge on any atom is 0.482 e. The second kappa shape index (κ2) is 6.58. The SMILES string of the molecule is C=Cc1ccccc1F.O[B]O. The molecule has 0 bridgehead atoms. The summed E-state index contributed by atoms with van der Waals surface area (Å²) in [6, 6.07) is 6.53. The molecule has 0 aliphatic heterocycles. The lowest BCUT2D eigenvalue weighted by Gasteiger charge is -1.91. The van der Waals surface area contributed by atoms with Crippen LogP contribution >= 0.6 is 0 Å². The van der Waals surface area contributed by atoms with Crippen LogP contribution in [0.5, 0.6) is 0 Å². The molecule has 0 aliphatic rings. The van der Waals surface area contributed by atoms with Crippen molar-refractivity contribution < 1.29 is 14.4 Å². The summed E-state index contributed by atoms with van der Waals surface area (Å²) in [5.41, 5.74) is 0.553. The summed E-state index contributed by atoms with van der Waals surface area (Å²) in [7, 11) is 0. The topological polar surface area (TPSA) is 40.5 Å². The monoisotopic (exact) mass is 167 g/mol. The van der Waals surface area contributed by atoms with Crippen molar-refractivity contribution >= 4 is 13.8 Å². The molecule has 2 nitrogen and oxygen atoms in total. The quantitative estimate of drug-likeness (QED) is 0.611. The molecule has 63 valence electrons. The summed E-state index contributed by atoms with van der Waals surface area (Å²) in [6.45, 7) is 3.45. The van der Waals surface area contributed by atoms with Crippen LogP contribution < -0.4 is 0 Å². The van der Waals surface area contributed by atoms with Crippen LogP contribution in [0.15, 0.2) is 30.8 Å². The number of halogens is 1. The lowest BCUT2D eigenvalue weighted by atomic mass is 10.2. The van der Waals surface area contributed by atoms with Gasteiger partial charge in [-0.3, -0.25) is 0 Å². The van der Waals surface area contributed by atoms with Crippen LogP contribution in [-0.4, -0.2) is 17.7 Å². The van der Waals surface area contributed by atoms with E-state index in [-0.39, 0.29) is 13.5 Å². The number of hydrogen-bond donors (Lipinski definition) is 2. The van der Waals surface area contributed by atoms with Gasteiger partial charge in [0.15, 0.2) is 0 Å². The van der Waals surface area contributed by atoms with Crippen molar-refractivity contribution in [3.8, 4) is 0 Å². The van der Waals surface area contributed by atoms with Crippen LogP contribution in [0.4, 0.5) is 4.39 Å². The minimum Gasteiger partial charge on any atom is -0.429 e. The van der Waals surface area contributed by atoms with Gasteiger partial charge in [-0.25, -0.2) is 4.39 Å². The van der Waals surface area contributed by atoms with Gasteiger partial charge in [-0.15, -0.1) is 0 Å². The second-order valence-electron chi connectivity index (χ2n) is 1.84. The molecule has 1 rings (SSSR count). The van der Waals surface area contributed by atoms with Crippen LogP contribution in [-0.2, 0) is 0 Å². The van der Waals surface area contributed by atoms with Crippen LogP contribution in [0, 0.1) is 5.82 Å². The van der Waals surface area contributed by atoms with Crippen LogP contribution in [0.25, 0.3) is 6.08 Å². The Hall–Kier alpha value is -1.13. The third-order valence-electron chi connectivity index (χ3n) is 1.13. The Bertz CT molecular complexity index is 240. The summed E-state index contributed by atoms with van der Waals surface area (Å²) >= 11 is 0. The molecule has 0 atom stereocenters. The van der Waals surface area contributed by atoms with E-state index in [1.54, 1.807) is 18.2 Å². The lowest BCUT2D eigenvalue weighted by Crippen LogP contribution is -1.76. The maximum absolute atomic E-state index is 12.5. The van der Waals surface area contributed by atoms with Gasteiger partial charge < -0.3 is 10.0 Å². The number of hydrogen-bond acceptors (Lipinski definition) is 2. The average Bonchev–Trinajstić information content (AvgIpc) is 2.07. The summed E-state index contributed by atoms with van der Waals surface area (Å²) in [4.78, 5) is 0. The molecule has 12 heavy (non-hydrogen) atoms. The molecule has 0 fully saturated rings. The molecular formula is C8H9BFO2. The Morgan fingerprint density at radius 1 is 1.33 bits per heavy atom. The van der Waals surface area contributed by atoms with Gasteiger partial charge in [-0.05, 0) is 6.07 Å². The molecule has 1 radical (unpaired) electrons. The first-order valence-corrected chi connectivity index (χ1v) is 3.23. The van der Waals surface area contributed by atoms with Gasteiger partial charge in [-0.2, -0.15) is 0 Å². The minimum absolute atomic E-state index is 0. The zero-order valence-corrected chi connectivity index (χ0v) is 6.44. The first-order valence-electron chi connectivity index (χ1n) is 3.23. The van der Waals surface area contributed by atoms with Crippen molar-refractivity contribution in [2.24, 2.45) is 0 Å². The summed E-state index contributed by atoms with van der Waals surface area (Å²) in [5, 5.41) is 14.0. The molecule has 0 saturated carbocycles. The van der Waals surface area contributed by atoms with Gasteiger partial charge in [0.2, 0.25) is 0 Å². The van der Waals surface area contributed by atoms with Gasteiger partial charge in [0, 0.05) is 5.56 Å². The van der Waals surface area contributed by atoms with Crippen LogP contribution in [0.1, 0.15) is 5.56 Å². The smallest absolute Gasteiger partial charge is 0.429 e. The van der Waals surface area contributed by atoms with E-state index in [4.69, 9.17) is 10.0 Å². The van der Waals surface area contributed by atoms with Gasteiger partial charge in [0.05, 0.1) is 0 Å². The zero-order chi connectivity index (χ0) is 9.40. The number of benzene rings is 1. The zero-order valence-electron chi connectivity index (χ0n) is 6.44. The molecule has 2 N–H and O–H groups in total. The highest BCUT2D eigenvalue weighted by molar-refractivity contribution is 6.13. The van der Waals surface area contributed by atoms with Gasteiger partial charge >= 0.3 is 7.69 Å². The molecule has 4 heteroatoms. The average molecular weight is 167 g/mol. The van der Waals surface area contributed by atoms with E-state index in [9.17, 15) is 4.39 Å². The van der Waals surface area contributed by atoms with Crippen LogP contribution in [0.3, 0.4) is 0 Å². The molecule has 0 aliphatic carbocycles. The lowest BCUT2D eigenvalue weighted by molar-refractivity contribution is 0.448. The summed E-state index contributed by atoms with van der Waals surface area (Å²) in [5.74, 6) is -0.215. The highest BCUT2D eigenvalue weighted by Gasteiger charge is 1.91. The highest BCUT2D eigenvalue weighted by Crippen LogP contribution is 2.05. The molecule has 0 aromatic heterocycles. The van der Waals surface area contributed by atoms with E-state index in [0.29, 0.717) is 5.56 Å². The fourth-order valence-corrected chi connectivity index (χ4v) is 0.641. The standard InChI is InChI=1S/C8H7F.BH2O2/c1-2-7-5-3-4-6-8(7)9;2-1-3/h2-6H,1H2;2-3H. The fraction of sp³-hybridized carbons (Fsp3) is 0. The molecular weight excluding hydrogens is 158 g/mol. The molecule has 0 spiro atoms. The van der Waals surface area contributed by atoms with Crippen molar-refractivity contribution in [2.75, 3.05) is 0 Å². The largest absolute Gasteiger partial charge is 0.482 e. The van der Waals surface area contributed by atoms with E-state index in [1.807, 2.05) is 0 Å². The Morgan fingerprint density at radius 3 is 2.17 bits per heavy atom. The Balaban J connectivity index is 0.000000354. The van der Waals surface area contributed by atoms with Crippen molar-refractivity contribution in [3.63, 3.8) is 0 Å². The predicted octanol–water partition coefficient (Wildman–Crippen LogP) is 0.974. The van der Waals surface area contributed by atoms with Crippen LogP contribution in [0.2, 0.25) is 0 Å². The maximum atomic E-state index is 12.5. The predicted molar refractivity (Wildman–Crippen MR) is 46.7 cm³/mol. The summed E-state index contributed by atoms with van der Waals surface area (Å²) < 4.78 is 12.5. The minimum atomic E-state index is -0.215. The van der Waals surface area contributed by atoms with E-state index < -0.39 is 0 Å². The van der Waals surface area contributed by atoms with Crippen molar-refractivity contribution in [1.29, 1.82) is 0 Å². The normalized spacial score (nSPS) is 7.92. The van der Waals surface area contributed by atoms with E-state index in [1.165, 1.54) is 12.1 Å². The van der Waals surface area contributed by atoms with E-state index in [0.717, 1.165) is 0 Å². The molecule has 1 aromatic carbocycles. The van der Waals surface area contributed by atoms with Crippen molar-refractivity contribution in [3.05, 3.63) is 42.2 Å². The first-order chi connectivity index (χ1) is 5.76. The summed E-state index contributed by atoms with van der Waals surface area (Å²) in [6.07, 6.45) is 1.50. The van der Waals surface area contributed by atoms with Gasteiger partial charge in [0.1, 0.15) is 5.82 Å². The fourth-order valence-electron chi connectivity index (χ4n) is 0.641. The molecule has 0 amide bonds. The first kappa shape index (κ1) is 10.9. The molecule has 0 unspecified atom stereocenters. The molecule has 1 aromatic rings. The van der Waals surface area contributed by atoms with Gasteiger partial charge in [-0.1, -0.05) is 30.9 Å². The molecule has 0 saturated heterocycles. The third-order valence-corrected chi connectivity index (χ3v) is 1.13. The second-order valence-corrected chi connectivity index (χ2v) is 1.84. The van der Waals surface area contributed by atoms with Gasteiger partial charge in [0.25, 0.3) is 0 Å². The number of rotatable bonds is 1. The third kappa shape index (κ3) is 3.90. The highest BCUT2D eigenvalue weighted by atomic mass is 19.1. The van der Waals surface area contributed by atoms with Crippen molar-refractivity contribution in [2.45, 2.75) is 0 Å². The Morgan fingerprint density at radius 2 is 1.83 bits per heavy atom. The molecule has 0 heterocycles. The van der Waals surface area contributed by atoms with E-state index >= 15 is 0 Å². The Kier molecular flexibility index (Phi) is 5.96.